The van der Waals surface area contributed by atoms with Crippen molar-refractivity contribution >= 4 is 29.2 Å². The maximum absolute atomic E-state index is 12.3. The van der Waals surface area contributed by atoms with E-state index < -0.39 is 24.0 Å². The predicted octanol–water partition coefficient (Wildman–Crippen LogP) is 2.43. The largest absolute Gasteiger partial charge is 0.373 e. The molecule has 2 unspecified atom stereocenters. The number of benzene rings is 1. The first-order valence-electron chi connectivity index (χ1n) is 6.78. The standard InChI is InChI=1S/C16H16ClNO4/c1-8(2)13(19)6-9(3)14(20)18-15(21)11-5-4-10(17)7-12(11)16(18)22/h4-5,7,9,14,20H,1,6H2,2-3H3. The quantitative estimate of drug-likeness (QED) is 0.667. The Morgan fingerprint density at radius 2 is 1.91 bits per heavy atom. The van der Waals surface area contributed by atoms with E-state index in [-0.39, 0.29) is 23.3 Å². The first kappa shape index (κ1) is 16.4. The van der Waals surface area contributed by atoms with Crippen LogP contribution in [0.25, 0.3) is 0 Å². The topological polar surface area (TPSA) is 74.7 Å². The molecule has 1 aliphatic heterocycles. The number of aliphatic hydroxyl groups is 1. The van der Waals surface area contributed by atoms with Crippen molar-refractivity contribution in [2.24, 2.45) is 5.92 Å². The second kappa shape index (κ2) is 6.02. The second-order valence-electron chi connectivity index (χ2n) is 5.47. The van der Waals surface area contributed by atoms with E-state index in [1.165, 1.54) is 18.2 Å². The molecule has 1 aromatic rings. The normalized spacial score (nSPS) is 16.5. The Hall–Kier alpha value is -1.98. The number of rotatable bonds is 5. The first-order chi connectivity index (χ1) is 10.2. The second-order valence-corrected chi connectivity index (χ2v) is 5.91. The third-order valence-electron chi connectivity index (χ3n) is 3.64. The number of ketones is 1. The van der Waals surface area contributed by atoms with Crippen LogP contribution in [0.2, 0.25) is 5.02 Å². The molecule has 116 valence electrons. The number of allylic oxidation sites excluding steroid dienone is 1. The maximum atomic E-state index is 12.3. The summed E-state index contributed by atoms with van der Waals surface area (Å²) >= 11 is 5.83. The van der Waals surface area contributed by atoms with Gasteiger partial charge in [-0.3, -0.25) is 14.4 Å². The summed E-state index contributed by atoms with van der Waals surface area (Å²) in [7, 11) is 0. The highest BCUT2D eigenvalue weighted by Gasteiger charge is 2.41. The monoisotopic (exact) mass is 321 g/mol. The molecule has 1 N–H and O–H groups in total. The van der Waals surface area contributed by atoms with Crippen molar-refractivity contribution in [2.45, 2.75) is 26.5 Å². The number of imide groups is 1. The molecule has 2 atom stereocenters. The minimum Gasteiger partial charge on any atom is -0.373 e. The van der Waals surface area contributed by atoms with Gasteiger partial charge in [-0.1, -0.05) is 25.1 Å². The van der Waals surface area contributed by atoms with Crippen LogP contribution in [-0.2, 0) is 4.79 Å². The zero-order valence-corrected chi connectivity index (χ0v) is 13.1. The van der Waals surface area contributed by atoms with Gasteiger partial charge in [0.25, 0.3) is 11.8 Å². The van der Waals surface area contributed by atoms with E-state index in [4.69, 9.17) is 11.6 Å². The van der Waals surface area contributed by atoms with Gasteiger partial charge in [-0.25, -0.2) is 4.90 Å². The number of carbonyl (C=O) groups excluding carboxylic acids is 3. The lowest BCUT2D eigenvalue weighted by Gasteiger charge is -2.26. The van der Waals surface area contributed by atoms with Crippen LogP contribution in [0.15, 0.2) is 30.4 Å². The highest BCUT2D eigenvalue weighted by Crippen LogP contribution is 2.29. The molecule has 0 bridgehead atoms. The number of fused-ring (bicyclic) bond motifs is 1. The van der Waals surface area contributed by atoms with Crippen molar-refractivity contribution < 1.29 is 19.5 Å². The van der Waals surface area contributed by atoms with E-state index in [1.54, 1.807) is 13.8 Å². The van der Waals surface area contributed by atoms with Crippen molar-refractivity contribution in [1.82, 2.24) is 4.90 Å². The summed E-state index contributed by atoms with van der Waals surface area (Å²) in [5.41, 5.74) is 0.732. The third-order valence-corrected chi connectivity index (χ3v) is 3.87. The van der Waals surface area contributed by atoms with Crippen LogP contribution in [0.5, 0.6) is 0 Å². The molecule has 0 aromatic heterocycles. The maximum Gasteiger partial charge on any atom is 0.263 e. The van der Waals surface area contributed by atoms with E-state index in [2.05, 4.69) is 6.58 Å². The third kappa shape index (κ3) is 2.82. The van der Waals surface area contributed by atoms with Gasteiger partial charge in [-0.2, -0.15) is 0 Å². The number of nitrogens with zero attached hydrogens (tertiary/aromatic N) is 1. The molecular formula is C16H16ClNO4. The number of aliphatic hydroxyl groups excluding tert-OH is 1. The fourth-order valence-electron chi connectivity index (χ4n) is 2.30. The number of hydrogen-bond acceptors (Lipinski definition) is 4. The van der Waals surface area contributed by atoms with Gasteiger partial charge in [-0.05, 0) is 30.7 Å². The van der Waals surface area contributed by atoms with Gasteiger partial charge >= 0.3 is 0 Å². The van der Waals surface area contributed by atoms with Crippen LogP contribution in [0.3, 0.4) is 0 Å². The predicted molar refractivity (Wildman–Crippen MR) is 81.6 cm³/mol. The molecule has 6 heteroatoms. The Bertz CT molecular complexity index is 683. The molecule has 2 amide bonds. The van der Waals surface area contributed by atoms with Crippen LogP contribution >= 0.6 is 11.6 Å². The minimum atomic E-state index is -1.38. The van der Waals surface area contributed by atoms with E-state index in [0.717, 1.165) is 4.90 Å². The molecule has 0 aliphatic carbocycles. The highest BCUT2D eigenvalue weighted by atomic mass is 35.5. The van der Waals surface area contributed by atoms with E-state index >= 15 is 0 Å². The Labute approximate surface area is 133 Å². The van der Waals surface area contributed by atoms with E-state index in [9.17, 15) is 19.5 Å². The molecule has 1 aromatic carbocycles. The first-order valence-corrected chi connectivity index (χ1v) is 7.16. The molecule has 0 spiro atoms. The zero-order chi connectivity index (χ0) is 16.6. The summed E-state index contributed by atoms with van der Waals surface area (Å²) in [4.78, 5) is 37.0. The molecule has 0 fully saturated rings. The molecule has 22 heavy (non-hydrogen) atoms. The Kier molecular flexibility index (Phi) is 4.49. The Balaban J connectivity index is 2.23. The van der Waals surface area contributed by atoms with Gasteiger partial charge in [-0.15, -0.1) is 0 Å². The molecule has 0 radical (unpaired) electrons. The average molecular weight is 322 g/mol. The van der Waals surface area contributed by atoms with Crippen LogP contribution in [-0.4, -0.2) is 33.8 Å². The van der Waals surface area contributed by atoms with E-state index in [0.29, 0.717) is 10.6 Å². The zero-order valence-electron chi connectivity index (χ0n) is 12.3. The number of Topliss-reactive ketones (excluding diaryl/α,β-unsaturated/α-hetero) is 1. The van der Waals surface area contributed by atoms with Gasteiger partial charge in [0.2, 0.25) is 0 Å². The van der Waals surface area contributed by atoms with Crippen molar-refractivity contribution in [3.63, 3.8) is 0 Å². The molecule has 2 rings (SSSR count). The lowest BCUT2D eigenvalue weighted by atomic mass is 9.99. The number of hydrogen-bond donors (Lipinski definition) is 1. The number of amides is 2. The van der Waals surface area contributed by atoms with Gasteiger partial charge in [0.05, 0.1) is 11.1 Å². The van der Waals surface area contributed by atoms with Crippen molar-refractivity contribution in [3.05, 3.63) is 46.5 Å². The van der Waals surface area contributed by atoms with E-state index in [1.807, 2.05) is 0 Å². The summed E-state index contributed by atoms with van der Waals surface area (Å²) in [5.74, 6) is -2.00. The van der Waals surface area contributed by atoms with Crippen molar-refractivity contribution in [3.8, 4) is 0 Å². The lowest BCUT2D eigenvalue weighted by molar-refractivity contribution is -0.118. The molecule has 0 saturated heterocycles. The Morgan fingerprint density at radius 1 is 1.32 bits per heavy atom. The number of carbonyl (C=O) groups is 3. The summed E-state index contributed by atoms with van der Waals surface area (Å²) in [6.45, 7) is 6.72. The summed E-state index contributed by atoms with van der Waals surface area (Å²) in [6.07, 6.45) is -1.38. The van der Waals surface area contributed by atoms with Gasteiger partial charge in [0.1, 0.15) is 6.23 Å². The van der Waals surface area contributed by atoms with Gasteiger partial charge in [0.15, 0.2) is 5.78 Å². The Morgan fingerprint density at radius 3 is 2.50 bits per heavy atom. The van der Waals surface area contributed by atoms with Crippen LogP contribution in [0.1, 0.15) is 41.0 Å². The highest BCUT2D eigenvalue weighted by molar-refractivity contribution is 6.32. The van der Waals surface area contributed by atoms with Gasteiger partial charge in [0, 0.05) is 17.4 Å². The molecule has 1 heterocycles. The molecule has 0 saturated carbocycles. The van der Waals surface area contributed by atoms with Gasteiger partial charge < -0.3 is 5.11 Å². The average Bonchev–Trinajstić information content (AvgIpc) is 2.69. The van der Waals surface area contributed by atoms with Crippen molar-refractivity contribution in [1.29, 1.82) is 0 Å². The van der Waals surface area contributed by atoms with Crippen LogP contribution in [0, 0.1) is 5.92 Å². The fourth-order valence-corrected chi connectivity index (χ4v) is 2.47. The van der Waals surface area contributed by atoms with Crippen molar-refractivity contribution in [2.75, 3.05) is 0 Å². The smallest absolute Gasteiger partial charge is 0.263 e. The summed E-state index contributed by atoms with van der Waals surface area (Å²) in [6, 6.07) is 4.36. The lowest BCUT2D eigenvalue weighted by Crippen LogP contribution is -2.44. The number of halogens is 1. The molecular weight excluding hydrogens is 306 g/mol. The molecule has 1 aliphatic rings. The SMILES string of the molecule is C=C(C)C(=O)CC(C)C(O)N1C(=O)c2ccc(Cl)cc2C1=O. The summed E-state index contributed by atoms with van der Waals surface area (Å²) < 4.78 is 0. The molecule has 5 nitrogen and oxygen atoms in total. The van der Waals surface area contributed by atoms with Crippen LogP contribution < -0.4 is 0 Å². The fraction of sp³-hybridized carbons (Fsp3) is 0.312. The summed E-state index contributed by atoms with van der Waals surface area (Å²) in [5, 5.41) is 10.6. The minimum absolute atomic E-state index is 0.00462. The van der Waals surface area contributed by atoms with Crippen LogP contribution in [0.4, 0.5) is 0 Å².